The number of carbonyl (C=O) groups is 1. The predicted octanol–water partition coefficient (Wildman–Crippen LogP) is 0.0609. The highest BCUT2D eigenvalue weighted by Gasteiger charge is 2.26. The largest absolute Gasteiger partial charge is 0.378 e. The Morgan fingerprint density at radius 3 is 2.36 bits per heavy atom. The summed E-state index contributed by atoms with van der Waals surface area (Å²) in [6.07, 6.45) is 0.454. The molecule has 1 aromatic carbocycles. The minimum Gasteiger partial charge on any atom is -0.378 e. The van der Waals surface area contributed by atoms with Crippen molar-refractivity contribution in [3.8, 4) is 0 Å². The minimum absolute atomic E-state index is 0.105. The van der Waals surface area contributed by atoms with Gasteiger partial charge in [0.15, 0.2) is 6.54 Å². The summed E-state index contributed by atoms with van der Waals surface area (Å²) in [7, 11) is 4.04. The second kappa shape index (κ2) is 7.61. The molecular formula is C17H28N3O2+. The average molecular weight is 306 g/mol. The zero-order valence-corrected chi connectivity index (χ0v) is 14.1. The fourth-order valence-electron chi connectivity index (χ4n) is 2.94. The van der Waals surface area contributed by atoms with Gasteiger partial charge in [0.2, 0.25) is 0 Å². The third-order valence-corrected chi connectivity index (χ3v) is 3.97. The molecule has 0 aromatic heterocycles. The average Bonchev–Trinajstić information content (AvgIpc) is 2.44. The van der Waals surface area contributed by atoms with Crippen LogP contribution in [0.3, 0.4) is 0 Å². The Hall–Kier alpha value is -1.59. The molecule has 122 valence electrons. The van der Waals surface area contributed by atoms with Crippen LogP contribution in [0.4, 0.5) is 5.69 Å². The van der Waals surface area contributed by atoms with Gasteiger partial charge in [-0.3, -0.25) is 4.79 Å². The van der Waals surface area contributed by atoms with Crippen LogP contribution in [-0.2, 0) is 16.1 Å². The van der Waals surface area contributed by atoms with E-state index in [9.17, 15) is 4.79 Å². The number of amides is 1. The summed E-state index contributed by atoms with van der Waals surface area (Å²) >= 11 is 0. The first-order valence-electron chi connectivity index (χ1n) is 7.96. The molecule has 1 aliphatic rings. The Balaban J connectivity index is 1.77. The fourth-order valence-corrected chi connectivity index (χ4v) is 2.94. The van der Waals surface area contributed by atoms with E-state index in [1.165, 1.54) is 4.90 Å². The van der Waals surface area contributed by atoms with E-state index in [1.54, 1.807) is 0 Å². The number of hydrogen-bond donors (Lipinski definition) is 2. The van der Waals surface area contributed by atoms with Gasteiger partial charge >= 0.3 is 0 Å². The van der Waals surface area contributed by atoms with Crippen molar-refractivity contribution < 1.29 is 14.4 Å². The van der Waals surface area contributed by atoms with E-state index in [-0.39, 0.29) is 18.1 Å². The summed E-state index contributed by atoms with van der Waals surface area (Å²) in [5.41, 5.74) is 2.29. The molecule has 5 heteroatoms. The molecule has 0 bridgehead atoms. The molecule has 1 unspecified atom stereocenters. The molecule has 2 N–H and O–H groups in total. The highest BCUT2D eigenvalue weighted by molar-refractivity contribution is 5.76. The van der Waals surface area contributed by atoms with Gasteiger partial charge in [0.1, 0.15) is 25.3 Å². The van der Waals surface area contributed by atoms with Gasteiger partial charge in [0, 0.05) is 26.3 Å². The van der Waals surface area contributed by atoms with Gasteiger partial charge < -0.3 is 19.9 Å². The second-order valence-electron chi connectivity index (χ2n) is 6.43. The van der Waals surface area contributed by atoms with Crippen LogP contribution in [0.25, 0.3) is 0 Å². The molecule has 1 heterocycles. The summed E-state index contributed by atoms with van der Waals surface area (Å²) < 4.78 is 5.70. The van der Waals surface area contributed by atoms with Crippen LogP contribution in [0.1, 0.15) is 19.4 Å². The summed E-state index contributed by atoms with van der Waals surface area (Å²) in [5, 5.41) is 3.01. The van der Waals surface area contributed by atoms with Crippen LogP contribution in [0.2, 0.25) is 0 Å². The Labute approximate surface area is 133 Å². The minimum atomic E-state index is 0.105. The number of quaternary nitrogens is 1. The van der Waals surface area contributed by atoms with E-state index in [1.807, 2.05) is 14.1 Å². The first-order valence-corrected chi connectivity index (χ1v) is 7.96. The standard InChI is InChI=1S/C17H27N3O2/c1-13-10-20(11-14(2)22-13)12-17(21)18-9-15-5-7-16(8-6-15)19(3)4/h5-8,13-14H,9-12H2,1-4H3,(H,18,21)/p+1/t13-,14+. The molecule has 2 rings (SSSR count). The van der Waals surface area contributed by atoms with Gasteiger partial charge in [-0.1, -0.05) is 12.1 Å². The number of rotatable bonds is 5. The molecule has 0 aliphatic carbocycles. The topological polar surface area (TPSA) is 46.0 Å². The maximum atomic E-state index is 12.1. The van der Waals surface area contributed by atoms with Gasteiger partial charge in [-0.25, -0.2) is 0 Å². The maximum absolute atomic E-state index is 12.1. The van der Waals surface area contributed by atoms with Crippen molar-refractivity contribution in [2.24, 2.45) is 0 Å². The van der Waals surface area contributed by atoms with Gasteiger partial charge in [-0.05, 0) is 31.5 Å². The first kappa shape index (κ1) is 16.8. The van der Waals surface area contributed by atoms with E-state index >= 15 is 0 Å². The molecule has 0 spiro atoms. The monoisotopic (exact) mass is 306 g/mol. The lowest BCUT2D eigenvalue weighted by Gasteiger charge is -2.31. The number of nitrogens with zero attached hydrogens (tertiary/aromatic N) is 1. The van der Waals surface area contributed by atoms with Crippen molar-refractivity contribution in [1.29, 1.82) is 0 Å². The summed E-state index contributed by atoms with van der Waals surface area (Å²) in [6.45, 7) is 7.04. The normalized spacial score (nSPS) is 24.8. The Kier molecular flexibility index (Phi) is 5.80. The third kappa shape index (κ3) is 5.00. The van der Waals surface area contributed by atoms with Gasteiger partial charge in [0.05, 0.1) is 0 Å². The van der Waals surface area contributed by atoms with Crippen LogP contribution in [0, 0.1) is 0 Å². The molecule has 0 saturated carbocycles. The fraction of sp³-hybridized carbons (Fsp3) is 0.588. The van der Waals surface area contributed by atoms with Crippen LogP contribution < -0.4 is 15.1 Å². The number of carbonyl (C=O) groups excluding carboxylic acids is 1. The Bertz CT molecular complexity index is 477. The smallest absolute Gasteiger partial charge is 0.275 e. The Morgan fingerprint density at radius 2 is 1.82 bits per heavy atom. The number of benzene rings is 1. The second-order valence-corrected chi connectivity index (χ2v) is 6.43. The number of anilines is 1. The van der Waals surface area contributed by atoms with Crippen molar-refractivity contribution in [1.82, 2.24) is 5.32 Å². The quantitative estimate of drug-likeness (QED) is 0.809. The van der Waals surface area contributed by atoms with Gasteiger partial charge in [0.25, 0.3) is 5.91 Å². The molecular weight excluding hydrogens is 278 g/mol. The molecule has 1 aliphatic heterocycles. The maximum Gasteiger partial charge on any atom is 0.275 e. The molecule has 1 aromatic rings. The molecule has 1 fully saturated rings. The van der Waals surface area contributed by atoms with E-state index in [4.69, 9.17) is 4.74 Å². The predicted molar refractivity (Wildman–Crippen MR) is 88.2 cm³/mol. The zero-order chi connectivity index (χ0) is 16.1. The van der Waals surface area contributed by atoms with Crippen molar-refractivity contribution >= 4 is 11.6 Å². The molecule has 1 saturated heterocycles. The highest BCUT2D eigenvalue weighted by Crippen LogP contribution is 2.11. The van der Waals surface area contributed by atoms with Gasteiger partial charge in [-0.15, -0.1) is 0 Å². The SMILES string of the molecule is C[C@@H]1C[NH+](CC(=O)NCc2ccc(N(C)C)cc2)C[C@H](C)O1. The van der Waals surface area contributed by atoms with Crippen LogP contribution in [-0.4, -0.2) is 51.8 Å². The first-order chi connectivity index (χ1) is 10.4. The lowest BCUT2D eigenvalue weighted by atomic mass is 10.2. The molecule has 5 nitrogen and oxygen atoms in total. The number of nitrogens with one attached hydrogen (secondary N) is 2. The summed E-state index contributed by atoms with van der Waals surface area (Å²) in [5.74, 6) is 0.105. The molecule has 22 heavy (non-hydrogen) atoms. The summed E-state index contributed by atoms with van der Waals surface area (Å²) in [6, 6.07) is 8.25. The highest BCUT2D eigenvalue weighted by atomic mass is 16.5. The van der Waals surface area contributed by atoms with Crippen molar-refractivity contribution in [3.63, 3.8) is 0 Å². The molecule has 1 amide bonds. The number of morpholine rings is 1. The number of hydrogen-bond acceptors (Lipinski definition) is 3. The van der Waals surface area contributed by atoms with E-state index in [0.29, 0.717) is 13.1 Å². The van der Waals surface area contributed by atoms with E-state index in [2.05, 4.69) is 48.3 Å². The Morgan fingerprint density at radius 1 is 1.23 bits per heavy atom. The molecule has 3 atom stereocenters. The summed E-state index contributed by atoms with van der Waals surface area (Å²) in [4.78, 5) is 15.5. The zero-order valence-electron chi connectivity index (χ0n) is 14.1. The van der Waals surface area contributed by atoms with Crippen LogP contribution in [0.5, 0.6) is 0 Å². The van der Waals surface area contributed by atoms with E-state index in [0.717, 1.165) is 24.3 Å². The third-order valence-electron chi connectivity index (χ3n) is 3.97. The van der Waals surface area contributed by atoms with Crippen molar-refractivity contribution in [2.45, 2.75) is 32.6 Å². The van der Waals surface area contributed by atoms with Crippen LogP contribution >= 0.6 is 0 Å². The van der Waals surface area contributed by atoms with Gasteiger partial charge in [-0.2, -0.15) is 0 Å². The van der Waals surface area contributed by atoms with Crippen molar-refractivity contribution in [3.05, 3.63) is 29.8 Å². The number of ether oxygens (including phenoxy) is 1. The van der Waals surface area contributed by atoms with Crippen LogP contribution in [0.15, 0.2) is 24.3 Å². The molecule has 0 radical (unpaired) electrons. The van der Waals surface area contributed by atoms with E-state index < -0.39 is 0 Å². The lowest BCUT2D eigenvalue weighted by Crippen LogP contribution is -3.16. The van der Waals surface area contributed by atoms with Crippen molar-refractivity contribution in [2.75, 3.05) is 38.6 Å². The lowest BCUT2D eigenvalue weighted by molar-refractivity contribution is -0.907.